The molecule has 106 valence electrons. The maximum absolute atomic E-state index is 13.0. The second-order valence-corrected chi connectivity index (χ2v) is 5.53. The lowest BCUT2D eigenvalue weighted by Gasteiger charge is -2.03. The van der Waals surface area contributed by atoms with Crippen LogP contribution in [0.5, 0.6) is 0 Å². The maximum atomic E-state index is 13.0. The number of aromatic nitrogens is 1. The second-order valence-electron chi connectivity index (χ2n) is 4.52. The van der Waals surface area contributed by atoms with E-state index < -0.39 is 0 Å². The van der Waals surface area contributed by atoms with Crippen molar-refractivity contribution in [1.82, 2.24) is 5.16 Å². The molecule has 0 amide bonds. The molecule has 3 rings (SSSR count). The Bertz CT molecular complexity index is 743. The molecule has 0 aliphatic carbocycles. The Morgan fingerprint density at radius 3 is 2.67 bits per heavy atom. The summed E-state index contributed by atoms with van der Waals surface area (Å²) in [5.41, 5.74) is 8.02. The van der Waals surface area contributed by atoms with Crippen molar-refractivity contribution in [2.24, 2.45) is 0 Å². The minimum absolute atomic E-state index is 0.331. The number of nitrogens with two attached hydrogens (primary N) is 1. The van der Waals surface area contributed by atoms with Crippen LogP contribution in [0.15, 0.2) is 64.0 Å². The molecule has 0 bridgehead atoms. The maximum Gasteiger partial charge on any atom is 0.147 e. The Balaban J connectivity index is 1.70. The molecule has 0 saturated carbocycles. The first kappa shape index (κ1) is 13.7. The van der Waals surface area contributed by atoms with E-state index in [1.165, 1.54) is 23.9 Å². The van der Waals surface area contributed by atoms with E-state index in [2.05, 4.69) is 5.16 Å². The van der Waals surface area contributed by atoms with E-state index in [0.717, 1.165) is 21.9 Å². The number of nitrogens with zero attached hydrogens (tertiary/aromatic N) is 1. The number of anilines is 1. The van der Waals surface area contributed by atoms with Crippen LogP contribution in [0.3, 0.4) is 0 Å². The van der Waals surface area contributed by atoms with Crippen LogP contribution in [-0.4, -0.2) is 5.16 Å². The number of hydrogen-bond acceptors (Lipinski definition) is 4. The Kier molecular flexibility index (Phi) is 3.92. The molecule has 0 aliphatic heterocycles. The lowest BCUT2D eigenvalue weighted by molar-refractivity contribution is 0.397. The van der Waals surface area contributed by atoms with Crippen LogP contribution in [0, 0.1) is 5.82 Å². The van der Waals surface area contributed by atoms with Gasteiger partial charge in [0.25, 0.3) is 0 Å². The Morgan fingerprint density at radius 1 is 1.10 bits per heavy atom. The van der Waals surface area contributed by atoms with Crippen molar-refractivity contribution in [3.05, 3.63) is 66.2 Å². The quantitative estimate of drug-likeness (QED) is 0.574. The van der Waals surface area contributed by atoms with Crippen molar-refractivity contribution in [2.75, 3.05) is 5.73 Å². The molecule has 2 N–H and O–H groups in total. The second kappa shape index (κ2) is 6.01. The first-order chi connectivity index (χ1) is 10.2. The summed E-state index contributed by atoms with van der Waals surface area (Å²) < 4.78 is 18.3. The van der Waals surface area contributed by atoms with Crippen LogP contribution < -0.4 is 5.73 Å². The normalized spacial score (nSPS) is 10.7. The van der Waals surface area contributed by atoms with E-state index in [4.69, 9.17) is 10.3 Å². The molecule has 0 radical (unpaired) electrons. The fourth-order valence-corrected chi connectivity index (χ4v) is 2.75. The number of hydrogen-bond donors (Lipinski definition) is 1. The van der Waals surface area contributed by atoms with E-state index in [9.17, 15) is 4.39 Å². The fourth-order valence-electron chi connectivity index (χ4n) is 1.93. The third kappa shape index (κ3) is 3.25. The van der Waals surface area contributed by atoms with Gasteiger partial charge in [0, 0.05) is 22.2 Å². The van der Waals surface area contributed by atoms with Crippen LogP contribution in [-0.2, 0) is 5.75 Å². The van der Waals surface area contributed by atoms with Crippen molar-refractivity contribution in [1.29, 1.82) is 0 Å². The summed E-state index contributed by atoms with van der Waals surface area (Å²) in [6.45, 7) is 0. The topological polar surface area (TPSA) is 52.0 Å². The number of rotatable bonds is 4. The summed E-state index contributed by atoms with van der Waals surface area (Å²) in [4.78, 5) is 0.828. The Labute approximate surface area is 126 Å². The highest BCUT2D eigenvalue weighted by molar-refractivity contribution is 7.98. The molecular formula is C16H13FN2OS. The van der Waals surface area contributed by atoms with Crippen molar-refractivity contribution in [2.45, 2.75) is 10.6 Å². The first-order valence-corrected chi connectivity index (χ1v) is 7.40. The molecule has 2 aromatic carbocycles. The number of nitrogen functional groups attached to an aromatic ring is 1. The molecule has 0 unspecified atom stereocenters. The zero-order valence-electron chi connectivity index (χ0n) is 11.1. The third-order valence-electron chi connectivity index (χ3n) is 2.97. The fraction of sp³-hybridized carbons (Fsp3) is 0.0625. The van der Waals surface area contributed by atoms with Crippen molar-refractivity contribution < 1.29 is 8.91 Å². The highest BCUT2D eigenvalue weighted by atomic mass is 32.2. The molecule has 1 aromatic heterocycles. The summed E-state index contributed by atoms with van der Waals surface area (Å²) in [6.07, 6.45) is 0. The minimum atomic E-state index is -0.331. The van der Waals surface area contributed by atoms with Gasteiger partial charge in [-0.3, -0.25) is 0 Å². The Hall–Kier alpha value is -2.27. The summed E-state index contributed by atoms with van der Waals surface area (Å²) in [5.74, 6) is 1.01. The number of benzene rings is 2. The SMILES string of the molecule is Nc1cc(F)ccc1SCc1cc(-c2ccccc2)no1. The average molecular weight is 300 g/mol. The molecule has 3 nitrogen and oxygen atoms in total. The molecule has 0 fully saturated rings. The largest absolute Gasteiger partial charge is 0.398 e. The number of halogens is 1. The van der Waals surface area contributed by atoms with Crippen LogP contribution >= 0.6 is 11.8 Å². The van der Waals surface area contributed by atoms with E-state index >= 15 is 0 Å². The van der Waals surface area contributed by atoms with Crippen molar-refractivity contribution >= 4 is 17.4 Å². The smallest absolute Gasteiger partial charge is 0.147 e. The van der Waals surface area contributed by atoms with Gasteiger partial charge in [-0.2, -0.15) is 0 Å². The predicted molar refractivity (Wildman–Crippen MR) is 82.3 cm³/mol. The number of thioether (sulfide) groups is 1. The van der Waals surface area contributed by atoms with Crippen molar-refractivity contribution in [3.63, 3.8) is 0 Å². The highest BCUT2D eigenvalue weighted by Crippen LogP contribution is 2.29. The van der Waals surface area contributed by atoms with Gasteiger partial charge in [0.1, 0.15) is 17.3 Å². The monoisotopic (exact) mass is 300 g/mol. The van der Waals surface area contributed by atoms with Gasteiger partial charge in [-0.1, -0.05) is 35.5 Å². The standard InChI is InChI=1S/C16H13FN2OS/c17-12-6-7-16(14(18)8-12)21-10-13-9-15(19-20-13)11-4-2-1-3-5-11/h1-9H,10,18H2. The van der Waals surface area contributed by atoms with Crippen LogP contribution in [0.4, 0.5) is 10.1 Å². The predicted octanol–water partition coefficient (Wildman–Crippen LogP) is 4.36. The van der Waals surface area contributed by atoms with E-state index in [1.54, 1.807) is 6.07 Å². The van der Waals surface area contributed by atoms with Gasteiger partial charge in [-0.15, -0.1) is 11.8 Å². The Morgan fingerprint density at radius 2 is 1.90 bits per heavy atom. The highest BCUT2D eigenvalue weighted by Gasteiger charge is 2.08. The lowest BCUT2D eigenvalue weighted by atomic mass is 10.1. The summed E-state index contributed by atoms with van der Waals surface area (Å²) >= 11 is 1.49. The minimum Gasteiger partial charge on any atom is -0.398 e. The first-order valence-electron chi connectivity index (χ1n) is 6.41. The molecule has 3 aromatic rings. The van der Waals surface area contributed by atoms with Crippen LogP contribution in [0.2, 0.25) is 0 Å². The molecule has 0 saturated heterocycles. The zero-order chi connectivity index (χ0) is 14.7. The van der Waals surface area contributed by atoms with Gasteiger partial charge >= 0.3 is 0 Å². The average Bonchev–Trinajstić information content (AvgIpc) is 2.96. The van der Waals surface area contributed by atoms with Crippen LogP contribution in [0.1, 0.15) is 5.76 Å². The summed E-state index contributed by atoms with van der Waals surface area (Å²) in [7, 11) is 0. The lowest BCUT2D eigenvalue weighted by Crippen LogP contribution is -1.90. The summed E-state index contributed by atoms with van der Waals surface area (Å²) in [6, 6.07) is 16.1. The van der Waals surface area contributed by atoms with Crippen molar-refractivity contribution in [3.8, 4) is 11.3 Å². The van der Waals surface area contributed by atoms with Gasteiger partial charge < -0.3 is 10.3 Å². The molecule has 5 heteroatoms. The summed E-state index contributed by atoms with van der Waals surface area (Å²) in [5, 5.41) is 4.06. The molecule has 1 heterocycles. The van der Waals surface area contributed by atoms with Crippen LogP contribution in [0.25, 0.3) is 11.3 Å². The van der Waals surface area contributed by atoms with Gasteiger partial charge in [0.05, 0.1) is 5.75 Å². The van der Waals surface area contributed by atoms with Gasteiger partial charge in [-0.25, -0.2) is 4.39 Å². The molecule has 21 heavy (non-hydrogen) atoms. The van der Waals surface area contributed by atoms with E-state index in [1.807, 2.05) is 36.4 Å². The zero-order valence-corrected chi connectivity index (χ0v) is 11.9. The molecule has 0 aliphatic rings. The van der Waals surface area contributed by atoms with Gasteiger partial charge in [-0.05, 0) is 18.2 Å². The van der Waals surface area contributed by atoms with E-state index in [-0.39, 0.29) is 5.82 Å². The van der Waals surface area contributed by atoms with E-state index in [0.29, 0.717) is 11.4 Å². The van der Waals surface area contributed by atoms with Gasteiger partial charge in [0.15, 0.2) is 0 Å². The van der Waals surface area contributed by atoms with Gasteiger partial charge in [0.2, 0.25) is 0 Å². The molecule has 0 spiro atoms. The molecular weight excluding hydrogens is 287 g/mol. The molecule has 0 atom stereocenters. The third-order valence-corrected chi connectivity index (χ3v) is 4.08.